The second-order valence-corrected chi connectivity index (χ2v) is 2.85. The Bertz CT molecular complexity index is 225. The number of Topliss-reactive ketones (excluding diaryl/α,β-unsaturated/α-hetero) is 1. The van der Waals surface area contributed by atoms with Crippen LogP contribution in [0, 0.1) is 0 Å². The van der Waals surface area contributed by atoms with Gasteiger partial charge >= 0.3 is 0 Å². The molecule has 2 N–H and O–H groups in total. The summed E-state index contributed by atoms with van der Waals surface area (Å²) in [6.45, 7) is 1.56. The van der Waals surface area contributed by atoms with Crippen molar-refractivity contribution >= 4 is 20.7 Å². The molecule has 0 aromatic heterocycles. The van der Waals surface area contributed by atoms with Crippen molar-refractivity contribution in [2.24, 2.45) is 0 Å². The molecule has 1 aliphatic heterocycles. The van der Waals surface area contributed by atoms with Crippen molar-refractivity contribution in [1.29, 1.82) is 0 Å². The van der Waals surface area contributed by atoms with Gasteiger partial charge in [-0.1, -0.05) is 0 Å². The number of hydrogen-bond acceptors (Lipinski definition) is 4. The van der Waals surface area contributed by atoms with Crippen LogP contribution >= 0.6 is 0 Å². The van der Waals surface area contributed by atoms with Gasteiger partial charge < -0.3 is 14.8 Å². The molecule has 1 rings (SSSR count). The molecule has 1 saturated heterocycles. The lowest BCUT2D eigenvalue weighted by atomic mass is 9.50. The van der Waals surface area contributed by atoms with Crippen molar-refractivity contribution in [2.45, 2.75) is 25.2 Å². The molecule has 2 radical (unpaired) electrons. The standard InChI is InChI=1S/C7H10B2O4/c1-2-4(10)5(11)3-6(12)7-8-13-9-7/h2,6-7,10,12H,3H2,1H3/b4-2+. The van der Waals surface area contributed by atoms with Crippen LogP contribution in [-0.2, 0) is 9.37 Å². The van der Waals surface area contributed by atoms with E-state index in [0.29, 0.717) is 0 Å². The maximum absolute atomic E-state index is 11.1. The number of allylic oxidation sites excluding steroid dienone is 2. The van der Waals surface area contributed by atoms with E-state index in [1.807, 2.05) is 0 Å². The highest BCUT2D eigenvalue weighted by Crippen LogP contribution is 2.20. The van der Waals surface area contributed by atoms with Gasteiger partial charge in [0.25, 0.3) is 15.0 Å². The molecule has 0 amide bonds. The van der Waals surface area contributed by atoms with Gasteiger partial charge in [-0.25, -0.2) is 0 Å². The molecule has 6 heteroatoms. The molecule has 0 spiro atoms. The Morgan fingerprint density at radius 1 is 1.69 bits per heavy atom. The minimum atomic E-state index is -0.802. The maximum atomic E-state index is 11.1. The molecule has 4 nitrogen and oxygen atoms in total. The van der Waals surface area contributed by atoms with E-state index in [0.717, 1.165) is 0 Å². The Labute approximate surface area is 78.1 Å². The van der Waals surface area contributed by atoms with Crippen molar-refractivity contribution in [2.75, 3.05) is 0 Å². The molecule has 1 fully saturated rings. The normalized spacial score (nSPS) is 19.7. The van der Waals surface area contributed by atoms with Gasteiger partial charge in [0.15, 0.2) is 11.5 Å². The van der Waals surface area contributed by atoms with E-state index in [9.17, 15) is 9.90 Å². The third-order valence-electron chi connectivity index (χ3n) is 1.87. The summed E-state index contributed by atoms with van der Waals surface area (Å²) in [6, 6.07) is 0. The van der Waals surface area contributed by atoms with Gasteiger partial charge in [-0.05, 0) is 18.7 Å². The molecule has 1 aliphatic rings. The van der Waals surface area contributed by atoms with Crippen molar-refractivity contribution in [3.63, 3.8) is 0 Å². The molecular formula is C7H10B2O4. The fourth-order valence-corrected chi connectivity index (χ4v) is 0.942. The summed E-state index contributed by atoms with van der Waals surface area (Å²) in [4.78, 5) is 11.1. The molecule has 0 aliphatic carbocycles. The van der Waals surface area contributed by atoms with E-state index in [4.69, 9.17) is 5.11 Å². The monoisotopic (exact) mass is 180 g/mol. The molecule has 13 heavy (non-hydrogen) atoms. The number of rotatable bonds is 4. The topological polar surface area (TPSA) is 66.8 Å². The molecule has 68 valence electrons. The van der Waals surface area contributed by atoms with E-state index < -0.39 is 11.9 Å². The maximum Gasteiger partial charge on any atom is 0.272 e. The average Bonchev–Trinajstić information content (AvgIpc) is 1.99. The number of ketones is 1. The zero-order chi connectivity index (χ0) is 9.84. The van der Waals surface area contributed by atoms with Crippen LogP contribution in [0.3, 0.4) is 0 Å². The van der Waals surface area contributed by atoms with Crippen LogP contribution in [0.15, 0.2) is 11.8 Å². The molecule has 1 heterocycles. The number of aliphatic hydroxyl groups excluding tert-OH is 2. The van der Waals surface area contributed by atoms with Crippen LogP contribution in [-0.4, -0.2) is 37.1 Å². The lowest BCUT2D eigenvalue weighted by Gasteiger charge is -2.27. The lowest BCUT2D eigenvalue weighted by molar-refractivity contribution is -0.119. The highest BCUT2D eigenvalue weighted by molar-refractivity contribution is 6.66. The first-order valence-electron chi connectivity index (χ1n) is 4.04. The van der Waals surface area contributed by atoms with Crippen LogP contribution in [0.1, 0.15) is 13.3 Å². The fourth-order valence-electron chi connectivity index (χ4n) is 0.942. The van der Waals surface area contributed by atoms with Crippen molar-refractivity contribution in [1.82, 2.24) is 0 Å². The van der Waals surface area contributed by atoms with Gasteiger partial charge in [0.2, 0.25) is 0 Å². The first-order valence-corrected chi connectivity index (χ1v) is 4.04. The van der Waals surface area contributed by atoms with E-state index in [1.54, 1.807) is 6.92 Å². The molecule has 1 unspecified atom stereocenters. The SMILES string of the molecule is C/C=C(/O)C(=O)CC(O)C1[B]O[B]1. The van der Waals surface area contributed by atoms with E-state index >= 15 is 0 Å². The Kier molecular flexibility index (Phi) is 3.57. The van der Waals surface area contributed by atoms with Crippen LogP contribution in [0.4, 0.5) is 0 Å². The lowest BCUT2D eigenvalue weighted by Crippen LogP contribution is -2.39. The van der Waals surface area contributed by atoms with Crippen LogP contribution in [0.5, 0.6) is 0 Å². The Balaban J connectivity index is 2.34. The van der Waals surface area contributed by atoms with Gasteiger partial charge in [0.1, 0.15) is 0 Å². The number of carbonyl (C=O) groups excluding carboxylic acids is 1. The molecule has 0 saturated carbocycles. The number of carbonyl (C=O) groups is 1. The number of aliphatic hydroxyl groups is 2. The first kappa shape index (κ1) is 10.3. The molecule has 0 aromatic rings. The van der Waals surface area contributed by atoms with Crippen LogP contribution in [0.25, 0.3) is 0 Å². The largest absolute Gasteiger partial charge is 0.506 e. The highest BCUT2D eigenvalue weighted by Gasteiger charge is 2.32. The summed E-state index contributed by atoms with van der Waals surface area (Å²) in [6.07, 6.45) is 0.417. The van der Waals surface area contributed by atoms with Gasteiger partial charge in [0, 0.05) is 6.42 Å². The van der Waals surface area contributed by atoms with E-state index in [1.165, 1.54) is 21.0 Å². The van der Waals surface area contributed by atoms with Gasteiger partial charge in [0.05, 0.1) is 6.10 Å². The summed E-state index contributed by atoms with van der Waals surface area (Å²) < 4.78 is 4.63. The summed E-state index contributed by atoms with van der Waals surface area (Å²) >= 11 is 0. The Morgan fingerprint density at radius 2 is 2.31 bits per heavy atom. The van der Waals surface area contributed by atoms with Gasteiger partial charge in [-0.2, -0.15) is 0 Å². The quantitative estimate of drug-likeness (QED) is 0.356. The van der Waals surface area contributed by atoms with Gasteiger partial charge in [-0.3, -0.25) is 4.79 Å². The minimum Gasteiger partial charge on any atom is -0.506 e. The zero-order valence-corrected chi connectivity index (χ0v) is 7.30. The van der Waals surface area contributed by atoms with Crippen LogP contribution in [0.2, 0.25) is 5.72 Å². The molecule has 0 bridgehead atoms. The average molecular weight is 180 g/mol. The smallest absolute Gasteiger partial charge is 0.272 e. The highest BCUT2D eigenvalue weighted by atomic mass is 16.4. The van der Waals surface area contributed by atoms with Crippen molar-refractivity contribution in [3.8, 4) is 0 Å². The second-order valence-electron chi connectivity index (χ2n) is 2.85. The Hall–Kier alpha value is -0.740. The summed E-state index contributed by atoms with van der Waals surface area (Å²) in [5.74, 6) is -0.761. The van der Waals surface area contributed by atoms with E-state index in [-0.39, 0.29) is 17.9 Å². The number of hydrogen-bond donors (Lipinski definition) is 2. The van der Waals surface area contributed by atoms with Gasteiger partial charge in [-0.15, -0.1) is 0 Å². The van der Waals surface area contributed by atoms with Crippen LogP contribution < -0.4 is 0 Å². The van der Waals surface area contributed by atoms with Crippen molar-refractivity contribution in [3.05, 3.63) is 11.8 Å². The molecule has 1 atom stereocenters. The Morgan fingerprint density at radius 3 is 2.69 bits per heavy atom. The minimum absolute atomic E-state index is 0.0861. The third kappa shape index (κ3) is 2.60. The third-order valence-corrected chi connectivity index (χ3v) is 1.87. The predicted octanol–water partition coefficient (Wildman–Crippen LogP) is -0.217. The van der Waals surface area contributed by atoms with Crippen molar-refractivity contribution < 1.29 is 19.6 Å². The van der Waals surface area contributed by atoms with E-state index in [2.05, 4.69) is 4.57 Å². The molecule has 0 aromatic carbocycles. The summed E-state index contributed by atoms with van der Waals surface area (Å²) in [5, 5.41) is 18.4. The summed E-state index contributed by atoms with van der Waals surface area (Å²) in [7, 11) is 2.90. The second kappa shape index (κ2) is 4.48. The predicted molar refractivity (Wildman–Crippen MR) is 48.4 cm³/mol. The first-order chi connectivity index (χ1) is 6.15. The fraction of sp³-hybridized carbons (Fsp3) is 0.571. The zero-order valence-electron chi connectivity index (χ0n) is 7.30. The summed E-state index contributed by atoms with van der Waals surface area (Å²) in [5.41, 5.74) is -0.200. The molecular weight excluding hydrogens is 170 g/mol.